The summed E-state index contributed by atoms with van der Waals surface area (Å²) in [6, 6.07) is 11.2. The van der Waals surface area contributed by atoms with E-state index in [4.69, 9.17) is 23.7 Å². The van der Waals surface area contributed by atoms with Crippen LogP contribution in [0.4, 0.5) is 0 Å². The maximum atomic E-state index is 12.3. The molecule has 6 nitrogen and oxygen atoms in total. The van der Waals surface area contributed by atoms with Crippen LogP contribution < -0.4 is 18.9 Å². The summed E-state index contributed by atoms with van der Waals surface area (Å²) < 4.78 is 27.3. The second-order valence-electron chi connectivity index (χ2n) is 6.32. The number of carbonyl (C=O) groups is 1. The van der Waals surface area contributed by atoms with Crippen molar-refractivity contribution in [2.45, 2.75) is 6.61 Å². The molecule has 6 heteroatoms. The molecule has 3 aromatic carbocycles. The summed E-state index contributed by atoms with van der Waals surface area (Å²) in [5.74, 6) is 2.11. The van der Waals surface area contributed by atoms with Crippen molar-refractivity contribution in [2.24, 2.45) is 0 Å². The van der Waals surface area contributed by atoms with Gasteiger partial charge >= 0.3 is 5.97 Å². The number of benzene rings is 3. The van der Waals surface area contributed by atoms with Crippen molar-refractivity contribution in [3.8, 4) is 34.1 Å². The van der Waals surface area contributed by atoms with Gasteiger partial charge in [0.1, 0.15) is 6.61 Å². The van der Waals surface area contributed by atoms with Crippen LogP contribution in [0.5, 0.6) is 23.0 Å². The predicted molar refractivity (Wildman–Crippen MR) is 105 cm³/mol. The summed E-state index contributed by atoms with van der Waals surface area (Å²) in [5, 5.41) is 1.71. The zero-order valence-electron chi connectivity index (χ0n) is 16.1. The zero-order chi connectivity index (χ0) is 19.8. The molecular weight excluding hydrogens is 360 g/mol. The molecule has 3 aromatic rings. The van der Waals surface area contributed by atoms with E-state index in [2.05, 4.69) is 0 Å². The van der Waals surface area contributed by atoms with Crippen molar-refractivity contribution in [3.63, 3.8) is 0 Å². The Labute approximate surface area is 162 Å². The number of esters is 1. The minimum absolute atomic E-state index is 0.203. The molecule has 0 N–H and O–H groups in total. The number of cyclic esters (lactones) is 1. The molecule has 1 heterocycles. The Bertz CT molecular complexity index is 1090. The average molecular weight is 380 g/mol. The molecule has 0 fully saturated rings. The van der Waals surface area contributed by atoms with Gasteiger partial charge in [-0.2, -0.15) is 0 Å². The van der Waals surface area contributed by atoms with E-state index in [0.717, 1.165) is 27.5 Å². The van der Waals surface area contributed by atoms with Crippen LogP contribution >= 0.6 is 0 Å². The van der Waals surface area contributed by atoms with Gasteiger partial charge in [-0.1, -0.05) is 12.1 Å². The van der Waals surface area contributed by atoms with Crippen LogP contribution in [0.25, 0.3) is 21.9 Å². The van der Waals surface area contributed by atoms with Crippen molar-refractivity contribution in [1.82, 2.24) is 0 Å². The van der Waals surface area contributed by atoms with Crippen LogP contribution in [0, 0.1) is 0 Å². The van der Waals surface area contributed by atoms with E-state index in [1.165, 1.54) is 0 Å². The highest BCUT2D eigenvalue weighted by atomic mass is 16.5. The molecular formula is C22H20O6. The summed E-state index contributed by atoms with van der Waals surface area (Å²) in [7, 11) is 6.38. The Kier molecular flexibility index (Phi) is 4.47. The predicted octanol–water partition coefficient (Wildman–Crippen LogP) is 4.21. The molecule has 0 bridgehead atoms. The van der Waals surface area contributed by atoms with Crippen LogP contribution in [0.1, 0.15) is 15.9 Å². The number of hydrogen-bond acceptors (Lipinski definition) is 6. The SMILES string of the molecule is COc1ccc(-c2c3c(cc4ccc(OC)c(OC)c24)C(=O)OC3)cc1OC. The number of ether oxygens (including phenoxy) is 5. The second kappa shape index (κ2) is 6.96. The Morgan fingerprint density at radius 1 is 0.821 bits per heavy atom. The lowest BCUT2D eigenvalue weighted by Gasteiger charge is -2.18. The monoisotopic (exact) mass is 380 g/mol. The molecule has 1 aliphatic rings. The molecule has 0 amide bonds. The third-order valence-corrected chi connectivity index (χ3v) is 4.99. The van der Waals surface area contributed by atoms with E-state index >= 15 is 0 Å². The van der Waals surface area contributed by atoms with E-state index in [1.54, 1.807) is 28.4 Å². The summed E-state index contributed by atoms with van der Waals surface area (Å²) in [4.78, 5) is 12.3. The molecule has 144 valence electrons. The summed E-state index contributed by atoms with van der Waals surface area (Å²) >= 11 is 0. The van der Waals surface area contributed by atoms with E-state index in [0.29, 0.717) is 28.6 Å². The van der Waals surface area contributed by atoms with Gasteiger partial charge in [-0.15, -0.1) is 0 Å². The molecule has 0 aliphatic carbocycles. The quantitative estimate of drug-likeness (QED) is 0.618. The van der Waals surface area contributed by atoms with E-state index in [9.17, 15) is 4.79 Å². The molecule has 0 aromatic heterocycles. The third-order valence-electron chi connectivity index (χ3n) is 4.99. The molecule has 0 saturated carbocycles. The van der Waals surface area contributed by atoms with Crippen molar-refractivity contribution < 1.29 is 28.5 Å². The highest BCUT2D eigenvalue weighted by Gasteiger charge is 2.29. The van der Waals surface area contributed by atoms with Crippen LogP contribution in [0.3, 0.4) is 0 Å². The average Bonchev–Trinajstić information content (AvgIpc) is 3.10. The molecule has 28 heavy (non-hydrogen) atoms. The Balaban J connectivity index is 2.13. The summed E-state index contributed by atoms with van der Waals surface area (Å²) in [6.45, 7) is 0.203. The standard InChI is InChI=1S/C22H20O6/c1-24-16-7-5-13(10-18(16)26-3)19-15-11-28-22(23)14(15)9-12-6-8-17(25-2)21(27-4)20(12)19/h5-10H,11H2,1-4H3. The van der Waals surface area contributed by atoms with Crippen molar-refractivity contribution >= 4 is 16.7 Å². The number of rotatable bonds is 5. The Morgan fingerprint density at radius 2 is 1.54 bits per heavy atom. The summed E-state index contributed by atoms with van der Waals surface area (Å²) in [6.07, 6.45) is 0. The van der Waals surface area contributed by atoms with Crippen molar-refractivity contribution in [2.75, 3.05) is 28.4 Å². The molecule has 0 unspecified atom stereocenters. The topological polar surface area (TPSA) is 63.2 Å². The van der Waals surface area contributed by atoms with Crippen LogP contribution in [0.15, 0.2) is 36.4 Å². The lowest BCUT2D eigenvalue weighted by atomic mass is 9.90. The molecule has 0 atom stereocenters. The maximum absolute atomic E-state index is 12.3. The Hall–Kier alpha value is -3.41. The summed E-state index contributed by atoms with van der Waals surface area (Å²) in [5.41, 5.74) is 3.10. The van der Waals surface area contributed by atoms with Crippen molar-refractivity contribution in [1.29, 1.82) is 0 Å². The number of methoxy groups -OCH3 is 4. The molecule has 0 saturated heterocycles. The van der Waals surface area contributed by atoms with Gasteiger partial charge in [0, 0.05) is 16.5 Å². The van der Waals surface area contributed by atoms with Gasteiger partial charge in [-0.05, 0) is 35.2 Å². The number of hydrogen-bond donors (Lipinski definition) is 0. The van der Waals surface area contributed by atoms with E-state index < -0.39 is 0 Å². The number of carbonyl (C=O) groups excluding carboxylic acids is 1. The van der Waals surface area contributed by atoms with Gasteiger partial charge in [0.2, 0.25) is 0 Å². The minimum Gasteiger partial charge on any atom is -0.493 e. The maximum Gasteiger partial charge on any atom is 0.338 e. The Morgan fingerprint density at radius 3 is 2.21 bits per heavy atom. The normalized spacial score (nSPS) is 12.5. The van der Waals surface area contributed by atoms with Crippen molar-refractivity contribution in [3.05, 3.63) is 47.5 Å². The largest absolute Gasteiger partial charge is 0.493 e. The fraction of sp³-hybridized carbons (Fsp3) is 0.227. The first-order valence-electron chi connectivity index (χ1n) is 8.73. The van der Waals surface area contributed by atoms with Crippen LogP contribution in [0.2, 0.25) is 0 Å². The van der Waals surface area contributed by atoms with Gasteiger partial charge < -0.3 is 23.7 Å². The van der Waals surface area contributed by atoms with Gasteiger partial charge in [-0.3, -0.25) is 0 Å². The van der Waals surface area contributed by atoms with Gasteiger partial charge in [0.25, 0.3) is 0 Å². The van der Waals surface area contributed by atoms with Gasteiger partial charge in [0.05, 0.1) is 34.0 Å². The van der Waals surface area contributed by atoms with Crippen LogP contribution in [-0.2, 0) is 11.3 Å². The molecule has 0 spiro atoms. The molecule has 0 radical (unpaired) electrons. The second-order valence-corrected chi connectivity index (χ2v) is 6.32. The molecule has 4 rings (SSSR count). The first kappa shape index (κ1) is 18.0. The highest BCUT2D eigenvalue weighted by Crippen LogP contribution is 2.46. The van der Waals surface area contributed by atoms with Crippen LogP contribution in [-0.4, -0.2) is 34.4 Å². The third kappa shape index (κ3) is 2.60. The number of fused-ring (bicyclic) bond motifs is 2. The minimum atomic E-state index is -0.326. The zero-order valence-corrected chi connectivity index (χ0v) is 16.1. The smallest absolute Gasteiger partial charge is 0.338 e. The lowest BCUT2D eigenvalue weighted by molar-refractivity contribution is 0.0535. The first-order chi connectivity index (χ1) is 13.6. The van der Waals surface area contributed by atoms with E-state index in [-0.39, 0.29) is 12.6 Å². The first-order valence-corrected chi connectivity index (χ1v) is 8.73. The fourth-order valence-electron chi connectivity index (χ4n) is 3.71. The highest BCUT2D eigenvalue weighted by molar-refractivity contribution is 6.10. The molecule has 1 aliphatic heterocycles. The van der Waals surface area contributed by atoms with E-state index in [1.807, 2.05) is 36.4 Å². The fourth-order valence-corrected chi connectivity index (χ4v) is 3.71. The van der Waals surface area contributed by atoms with Gasteiger partial charge in [0.15, 0.2) is 23.0 Å². The van der Waals surface area contributed by atoms with Gasteiger partial charge in [-0.25, -0.2) is 4.79 Å². The lowest BCUT2D eigenvalue weighted by Crippen LogP contribution is -1.99.